The highest BCUT2D eigenvalue weighted by Gasteiger charge is 2.42. The van der Waals surface area contributed by atoms with Crippen LogP contribution in [0.1, 0.15) is 87.5 Å². The molecule has 4 atom stereocenters. The van der Waals surface area contributed by atoms with Crippen molar-refractivity contribution in [1.29, 1.82) is 0 Å². The minimum absolute atomic E-state index is 0.0187. The van der Waals surface area contributed by atoms with E-state index in [1.54, 1.807) is 92.0 Å². The van der Waals surface area contributed by atoms with Crippen LogP contribution in [0.15, 0.2) is 121 Å². The monoisotopic (exact) mass is 1240 g/mol. The number of benzene rings is 4. The summed E-state index contributed by atoms with van der Waals surface area (Å²) in [5.74, 6) is -6.53. The van der Waals surface area contributed by atoms with Gasteiger partial charge in [0.05, 0.1) is 25.2 Å². The van der Waals surface area contributed by atoms with Gasteiger partial charge in [-0.25, -0.2) is 14.4 Å². The molecule has 4 aromatic rings. The molecule has 0 saturated carbocycles. The number of fused-ring (bicyclic) bond motifs is 3. The molecule has 0 unspecified atom stereocenters. The number of anilines is 1. The molecule has 0 aliphatic carbocycles. The lowest BCUT2D eigenvalue weighted by Crippen LogP contribution is -2.57. The van der Waals surface area contributed by atoms with Gasteiger partial charge in [-0.1, -0.05) is 91.0 Å². The van der Waals surface area contributed by atoms with E-state index < -0.39 is 102 Å². The quantitative estimate of drug-likeness (QED) is 0.163. The number of piperidine rings is 1. The Morgan fingerprint density at radius 1 is 0.644 bits per heavy atom. The number of hydrogen-bond acceptors (Lipinski definition) is 15. The fourth-order valence-corrected chi connectivity index (χ4v) is 10.6. The summed E-state index contributed by atoms with van der Waals surface area (Å²) in [6.45, 7) is 3.71. The number of nitrogens with one attached hydrogen (secondary N) is 3. The number of amides is 8. The Morgan fingerprint density at radius 3 is 1.96 bits per heavy atom. The van der Waals surface area contributed by atoms with Crippen molar-refractivity contribution in [3.8, 4) is 5.75 Å². The minimum Gasteiger partial charge on any atom is -0.461 e. The average molecular weight is 1240 g/mol. The normalized spacial score (nSPS) is 22.2. The van der Waals surface area contributed by atoms with Gasteiger partial charge < -0.3 is 59.4 Å². The maximum absolute atomic E-state index is 14.9. The summed E-state index contributed by atoms with van der Waals surface area (Å²) < 4.78 is 22.1. The first-order valence-corrected chi connectivity index (χ1v) is 30.5. The smallest absolute Gasteiger partial charge is 0.415 e. The van der Waals surface area contributed by atoms with Gasteiger partial charge in [0.1, 0.15) is 43.1 Å². The van der Waals surface area contributed by atoms with Gasteiger partial charge in [-0.15, -0.1) is 0 Å². The van der Waals surface area contributed by atoms with Crippen molar-refractivity contribution in [3.63, 3.8) is 0 Å². The number of cyclic esters (lactones) is 2. The molecule has 0 aromatic heterocycles. The van der Waals surface area contributed by atoms with Crippen molar-refractivity contribution in [2.75, 3.05) is 79.0 Å². The highest BCUT2D eigenvalue weighted by atomic mass is 16.6. The highest BCUT2D eigenvalue weighted by molar-refractivity contribution is 6.38. The zero-order valence-corrected chi connectivity index (χ0v) is 51.9. The predicted octanol–water partition coefficient (Wildman–Crippen LogP) is 4.98. The van der Waals surface area contributed by atoms with Crippen LogP contribution in [0.2, 0.25) is 0 Å². The Hall–Kier alpha value is -9.25. The Balaban J connectivity index is 1.13. The van der Waals surface area contributed by atoms with Gasteiger partial charge in [0.2, 0.25) is 41.2 Å². The van der Waals surface area contributed by atoms with Crippen LogP contribution in [-0.4, -0.2) is 188 Å². The first kappa shape index (κ1) is 68.2. The molecule has 8 amide bonds. The Kier molecular flexibility index (Phi) is 25.3. The van der Waals surface area contributed by atoms with Crippen LogP contribution in [0.25, 0.3) is 0 Å². The molecule has 2 saturated heterocycles. The van der Waals surface area contributed by atoms with Crippen LogP contribution in [0, 0.1) is 5.41 Å². The third-order valence-corrected chi connectivity index (χ3v) is 15.9. The molecule has 2 fully saturated rings. The zero-order valence-electron chi connectivity index (χ0n) is 51.9. The molecule has 90 heavy (non-hydrogen) atoms. The van der Waals surface area contributed by atoms with E-state index in [2.05, 4.69) is 16.0 Å². The van der Waals surface area contributed by atoms with Crippen LogP contribution < -0.4 is 20.7 Å². The third-order valence-electron chi connectivity index (χ3n) is 15.9. The first-order valence-electron chi connectivity index (χ1n) is 30.5. The fraction of sp³-hybridized carbons (Fsp3) is 0.448. The summed E-state index contributed by atoms with van der Waals surface area (Å²) in [5.41, 5.74) is 1.35. The van der Waals surface area contributed by atoms with Gasteiger partial charge in [-0.3, -0.25) is 38.4 Å². The summed E-state index contributed by atoms with van der Waals surface area (Å²) in [4.78, 5) is 159. The Morgan fingerprint density at radius 2 is 1.28 bits per heavy atom. The summed E-state index contributed by atoms with van der Waals surface area (Å²) in [5, 5.41) is 8.49. The van der Waals surface area contributed by atoms with Gasteiger partial charge in [0, 0.05) is 91.2 Å². The molecule has 4 aromatic carbocycles. The standard InChI is InChI=1S/C67H82N8O15/c1-67(2)45-89-59(79)26-14-6-7-16-33-71(3)62(82)52(40-46-19-10-8-11-20-46)69-57(77)43-72(4)63(83)53(41-47-21-12-9-13-22-47)70-61(81)55(42-48-27-29-51(30-28-48)90-66(86)74-35-37-87-38-36-74)73(5)58(78)32-31-56(76)68-50-24-18-23-49(39-50)44-88-65(85)54-25-15-17-34-75(54)64(84)60(67)80/h8-14,18-24,26-30,39,52-55H,6-7,15-17,25,31-38,40-45H2,1-5H3,(H,68,76)(H,69,77)(H,70,81)/b26-14+/t52-,53-,54+,55+/m1/s1. The van der Waals surface area contributed by atoms with Gasteiger partial charge >= 0.3 is 18.0 Å². The van der Waals surface area contributed by atoms with E-state index in [9.17, 15) is 52.7 Å². The van der Waals surface area contributed by atoms with E-state index in [-0.39, 0.29) is 63.3 Å². The molecule has 3 N–H and O–H groups in total. The SMILES string of the molecule is CN1CCCC/C=C/C(=O)OCC(C)(C)C(=O)C(=O)N2CCCC[C@H]2C(=O)OCc2cccc(c2)NC(=O)CCC(=O)N(C)[C@@H](Cc2ccc(OC(=O)N3CCOCC3)cc2)C(=O)N[C@H](Cc2ccccc2)C(=O)N(C)CC(=O)N[C@H](Cc2ccccc2)C1=O. The fourth-order valence-electron chi connectivity index (χ4n) is 10.6. The molecule has 0 spiro atoms. The van der Waals surface area contributed by atoms with E-state index in [1.165, 1.54) is 53.6 Å². The number of allylic oxidation sites excluding steroid dienone is 1. The first-order chi connectivity index (χ1) is 43.1. The number of ether oxygens (including phenoxy) is 4. The molecular weight excluding hydrogens is 1160 g/mol. The van der Waals surface area contributed by atoms with Crippen LogP contribution in [0.3, 0.4) is 0 Å². The summed E-state index contributed by atoms with van der Waals surface area (Å²) >= 11 is 0. The number of esters is 2. The van der Waals surface area contributed by atoms with Crippen LogP contribution in [0.5, 0.6) is 5.75 Å². The summed E-state index contributed by atoms with van der Waals surface area (Å²) in [6.07, 6.45) is 4.53. The van der Waals surface area contributed by atoms with Crippen molar-refractivity contribution in [2.24, 2.45) is 5.41 Å². The Bertz CT molecular complexity index is 3210. The van der Waals surface area contributed by atoms with E-state index >= 15 is 0 Å². The second-order valence-electron chi connectivity index (χ2n) is 23.4. The van der Waals surface area contributed by atoms with E-state index in [0.29, 0.717) is 87.3 Å². The maximum atomic E-state index is 14.9. The van der Waals surface area contributed by atoms with Crippen molar-refractivity contribution in [2.45, 2.75) is 115 Å². The van der Waals surface area contributed by atoms with Crippen molar-refractivity contribution >= 4 is 70.9 Å². The number of carbonyl (C=O) groups is 11. The highest BCUT2D eigenvalue weighted by Crippen LogP contribution is 2.26. The minimum atomic E-state index is -1.44. The summed E-state index contributed by atoms with van der Waals surface area (Å²) in [7, 11) is 4.44. The number of likely N-dealkylation sites (N-methyl/N-ethyl adjacent to an activating group) is 3. The molecule has 23 nitrogen and oxygen atoms in total. The number of hydrogen-bond donors (Lipinski definition) is 3. The lowest BCUT2D eigenvalue weighted by molar-refractivity contribution is -0.162. The lowest BCUT2D eigenvalue weighted by Gasteiger charge is -2.35. The van der Waals surface area contributed by atoms with Gasteiger partial charge in [-0.05, 0) is 98.9 Å². The van der Waals surface area contributed by atoms with Crippen molar-refractivity contribution in [3.05, 3.63) is 144 Å². The molecule has 3 aliphatic rings. The van der Waals surface area contributed by atoms with Gasteiger partial charge in [0.15, 0.2) is 0 Å². The second-order valence-corrected chi connectivity index (χ2v) is 23.4. The second kappa shape index (κ2) is 33.4. The largest absolute Gasteiger partial charge is 0.461 e. The average Bonchev–Trinajstić information content (AvgIpc) is 2.83. The molecular formula is C67H82N8O15. The number of ketones is 1. The molecule has 0 radical (unpaired) electrons. The van der Waals surface area contributed by atoms with Gasteiger partial charge in [-0.2, -0.15) is 0 Å². The van der Waals surface area contributed by atoms with Crippen LogP contribution in [-0.2, 0) is 88.0 Å². The molecule has 3 heterocycles. The molecule has 2 bridgehead atoms. The van der Waals surface area contributed by atoms with E-state index in [4.69, 9.17) is 18.9 Å². The van der Waals surface area contributed by atoms with Crippen molar-refractivity contribution < 1.29 is 71.7 Å². The lowest BCUT2D eigenvalue weighted by atomic mass is 9.87. The van der Waals surface area contributed by atoms with Crippen LogP contribution >= 0.6 is 0 Å². The van der Waals surface area contributed by atoms with E-state index in [0.717, 1.165) is 10.5 Å². The van der Waals surface area contributed by atoms with Gasteiger partial charge in [0.25, 0.3) is 5.91 Å². The van der Waals surface area contributed by atoms with Crippen LogP contribution in [0.4, 0.5) is 10.5 Å². The number of nitrogens with zero attached hydrogens (tertiary/aromatic N) is 5. The van der Waals surface area contributed by atoms with E-state index in [1.807, 2.05) is 30.3 Å². The summed E-state index contributed by atoms with van der Waals surface area (Å²) in [6, 6.07) is 26.3. The Labute approximate surface area is 524 Å². The molecule has 23 heteroatoms. The van der Waals surface area contributed by atoms with Crippen molar-refractivity contribution in [1.82, 2.24) is 35.1 Å². The third kappa shape index (κ3) is 20.4. The topological polar surface area (TPSA) is 277 Å². The molecule has 3 aliphatic heterocycles. The molecule has 7 rings (SSSR count). The molecule has 480 valence electrons. The number of morpholine rings is 1. The number of carbonyl (C=O) groups excluding carboxylic acids is 11. The predicted molar refractivity (Wildman–Crippen MR) is 331 cm³/mol. The zero-order chi connectivity index (χ0) is 64.7. The number of Topliss-reactive ketones (excluding diaryl/α,β-unsaturated/α-hetero) is 1. The maximum Gasteiger partial charge on any atom is 0.415 e. The number of rotatable bonds is 7.